The van der Waals surface area contributed by atoms with E-state index in [9.17, 15) is 0 Å². The van der Waals surface area contributed by atoms with Crippen LogP contribution in [0.2, 0.25) is 0 Å². The van der Waals surface area contributed by atoms with Gasteiger partial charge in [0.2, 0.25) is 0 Å². The van der Waals surface area contributed by atoms with Crippen molar-refractivity contribution in [2.24, 2.45) is 0 Å². The number of hydrogen-bond donors (Lipinski definition) is 1. The van der Waals surface area contributed by atoms with Gasteiger partial charge in [0, 0.05) is 12.2 Å². The van der Waals surface area contributed by atoms with Crippen molar-refractivity contribution in [2.45, 2.75) is 33.6 Å². The van der Waals surface area contributed by atoms with E-state index < -0.39 is 0 Å². The molecule has 0 aliphatic heterocycles. The van der Waals surface area contributed by atoms with Gasteiger partial charge in [-0.25, -0.2) is 0 Å². The van der Waals surface area contributed by atoms with E-state index >= 15 is 0 Å². The molecule has 0 aliphatic carbocycles. The van der Waals surface area contributed by atoms with Crippen molar-refractivity contribution in [3.05, 3.63) is 29.3 Å². The zero-order valence-corrected chi connectivity index (χ0v) is 8.85. The molecular formula is C12H19N. The third-order valence-electron chi connectivity index (χ3n) is 2.21. The molecule has 0 radical (unpaired) electrons. The summed E-state index contributed by atoms with van der Waals surface area (Å²) in [6, 6.07) is 6.62. The Morgan fingerprint density at radius 1 is 1.23 bits per heavy atom. The van der Waals surface area contributed by atoms with E-state index in [1.807, 2.05) is 0 Å². The SMILES string of the molecule is CCCNc1cc(C)ccc1CC. The summed E-state index contributed by atoms with van der Waals surface area (Å²) in [4.78, 5) is 0. The fourth-order valence-corrected chi connectivity index (χ4v) is 1.42. The molecule has 0 unspecified atom stereocenters. The van der Waals surface area contributed by atoms with Crippen LogP contribution in [0.3, 0.4) is 0 Å². The maximum atomic E-state index is 3.45. The Labute approximate surface area is 81.2 Å². The van der Waals surface area contributed by atoms with Gasteiger partial charge in [-0.15, -0.1) is 0 Å². The summed E-state index contributed by atoms with van der Waals surface area (Å²) in [6.45, 7) is 7.59. The zero-order chi connectivity index (χ0) is 9.68. The van der Waals surface area contributed by atoms with Gasteiger partial charge in [0.1, 0.15) is 0 Å². The van der Waals surface area contributed by atoms with Crippen molar-refractivity contribution in [3.8, 4) is 0 Å². The maximum absolute atomic E-state index is 3.45. The Kier molecular flexibility index (Phi) is 3.81. The second-order valence-electron chi connectivity index (χ2n) is 3.44. The summed E-state index contributed by atoms with van der Waals surface area (Å²) in [5.41, 5.74) is 4.05. The number of aryl methyl sites for hydroxylation is 2. The topological polar surface area (TPSA) is 12.0 Å². The van der Waals surface area contributed by atoms with Crippen LogP contribution >= 0.6 is 0 Å². The molecule has 1 aromatic carbocycles. The van der Waals surface area contributed by atoms with Gasteiger partial charge < -0.3 is 5.32 Å². The smallest absolute Gasteiger partial charge is 0.0375 e. The molecule has 72 valence electrons. The van der Waals surface area contributed by atoms with Crippen LogP contribution in [0.25, 0.3) is 0 Å². The minimum absolute atomic E-state index is 1.07. The van der Waals surface area contributed by atoms with Gasteiger partial charge in [-0.3, -0.25) is 0 Å². The van der Waals surface area contributed by atoms with Gasteiger partial charge in [-0.1, -0.05) is 26.0 Å². The van der Waals surface area contributed by atoms with E-state index in [1.165, 1.54) is 23.2 Å². The maximum Gasteiger partial charge on any atom is 0.0375 e. The molecule has 1 rings (SSSR count). The van der Waals surface area contributed by atoms with Crippen LogP contribution in [-0.4, -0.2) is 6.54 Å². The molecular weight excluding hydrogens is 158 g/mol. The summed E-state index contributed by atoms with van der Waals surface area (Å²) in [7, 11) is 0. The molecule has 0 aromatic heterocycles. The molecule has 1 nitrogen and oxygen atoms in total. The first-order chi connectivity index (χ1) is 6.27. The molecule has 0 bridgehead atoms. The van der Waals surface area contributed by atoms with E-state index in [0.717, 1.165) is 13.0 Å². The average Bonchev–Trinajstić information content (AvgIpc) is 2.15. The Morgan fingerprint density at radius 2 is 2.00 bits per heavy atom. The van der Waals surface area contributed by atoms with E-state index in [4.69, 9.17) is 0 Å². The Morgan fingerprint density at radius 3 is 2.62 bits per heavy atom. The van der Waals surface area contributed by atoms with Crippen LogP contribution < -0.4 is 5.32 Å². The third kappa shape index (κ3) is 2.76. The fourth-order valence-electron chi connectivity index (χ4n) is 1.42. The monoisotopic (exact) mass is 177 g/mol. The normalized spacial score (nSPS) is 10.1. The molecule has 0 saturated carbocycles. The Hall–Kier alpha value is -0.980. The van der Waals surface area contributed by atoms with Crippen molar-refractivity contribution in [1.82, 2.24) is 0 Å². The van der Waals surface area contributed by atoms with E-state index in [0.29, 0.717) is 0 Å². The third-order valence-corrected chi connectivity index (χ3v) is 2.21. The first-order valence-corrected chi connectivity index (χ1v) is 5.11. The largest absolute Gasteiger partial charge is 0.385 e. The molecule has 0 spiro atoms. The lowest BCUT2D eigenvalue weighted by molar-refractivity contribution is 0.972. The van der Waals surface area contributed by atoms with Crippen molar-refractivity contribution in [3.63, 3.8) is 0 Å². The number of rotatable bonds is 4. The van der Waals surface area contributed by atoms with Crippen molar-refractivity contribution >= 4 is 5.69 Å². The molecule has 0 amide bonds. The van der Waals surface area contributed by atoms with Crippen molar-refractivity contribution in [1.29, 1.82) is 0 Å². The lowest BCUT2D eigenvalue weighted by Gasteiger charge is -2.10. The van der Waals surface area contributed by atoms with Crippen LogP contribution in [-0.2, 0) is 6.42 Å². The summed E-state index contributed by atoms with van der Waals surface area (Å²) < 4.78 is 0. The zero-order valence-electron chi connectivity index (χ0n) is 8.85. The van der Waals surface area contributed by atoms with Crippen LogP contribution in [0, 0.1) is 6.92 Å². The van der Waals surface area contributed by atoms with Gasteiger partial charge in [-0.05, 0) is 37.0 Å². The number of anilines is 1. The van der Waals surface area contributed by atoms with Crippen LogP contribution in [0.1, 0.15) is 31.4 Å². The standard InChI is InChI=1S/C12H19N/c1-4-8-13-12-9-10(3)6-7-11(12)5-2/h6-7,9,13H,4-5,8H2,1-3H3. The molecule has 13 heavy (non-hydrogen) atoms. The van der Waals surface area contributed by atoms with Crippen molar-refractivity contribution < 1.29 is 0 Å². The molecule has 0 aliphatic rings. The Balaban J connectivity index is 2.81. The van der Waals surface area contributed by atoms with Gasteiger partial charge in [0.15, 0.2) is 0 Å². The number of nitrogens with one attached hydrogen (secondary N) is 1. The average molecular weight is 177 g/mol. The highest BCUT2D eigenvalue weighted by Gasteiger charge is 1.98. The van der Waals surface area contributed by atoms with Crippen LogP contribution in [0.5, 0.6) is 0 Å². The predicted octanol–water partition coefficient (Wildman–Crippen LogP) is 3.38. The summed E-state index contributed by atoms with van der Waals surface area (Å²) >= 11 is 0. The first kappa shape index (κ1) is 10.1. The predicted molar refractivity (Wildman–Crippen MR) is 59.3 cm³/mol. The second kappa shape index (κ2) is 4.90. The van der Waals surface area contributed by atoms with Crippen LogP contribution in [0.4, 0.5) is 5.69 Å². The van der Waals surface area contributed by atoms with E-state index in [2.05, 4.69) is 44.3 Å². The first-order valence-electron chi connectivity index (χ1n) is 5.11. The minimum atomic E-state index is 1.07. The van der Waals surface area contributed by atoms with Gasteiger partial charge in [0.05, 0.1) is 0 Å². The molecule has 0 heterocycles. The highest BCUT2D eigenvalue weighted by Crippen LogP contribution is 2.17. The summed E-state index contributed by atoms with van der Waals surface area (Å²) in [5, 5.41) is 3.45. The van der Waals surface area contributed by atoms with Gasteiger partial charge >= 0.3 is 0 Å². The van der Waals surface area contributed by atoms with Crippen molar-refractivity contribution in [2.75, 3.05) is 11.9 Å². The molecule has 0 fully saturated rings. The lowest BCUT2D eigenvalue weighted by atomic mass is 10.1. The Bertz CT molecular complexity index is 266. The number of hydrogen-bond acceptors (Lipinski definition) is 1. The van der Waals surface area contributed by atoms with E-state index in [-0.39, 0.29) is 0 Å². The van der Waals surface area contributed by atoms with Crippen LogP contribution in [0.15, 0.2) is 18.2 Å². The fraction of sp³-hybridized carbons (Fsp3) is 0.500. The molecule has 1 N–H and O–H groups in total. The summed E-state index contributed by atoms with van der Waals surface area (Å²) in [5.74, 6) is 0. The van der Waals surface area contributed by atoms with Gasteiger partial charge in [-0.2, -0.15) is 0 Å². The molecule has 1 aromatic rings. The highest BCUT2D eigenvalue weighted by atomic mass is 14.9. The second-order valence-corrected chi connectivity index (χ2v) is 3.44. The van der Waals surface area contributed by atoms with E-state index in [1.54, 1.807) is 0 Å². The van der Waals surface area contributed by atoms with Gasteiger partial charge in [0.25, 0.3) is 0 Å². The summed E-state index contributed by atoms with van der Waals surface area (Å²) in [6.07, 6.45) is 2.28. The quantitative estimate of drug-likeness (QED) is 0.743. The minimum Gasteiger partial charge on any atom is -0.385 e. The highest BCUT2D eigenvalue weighted by molar-refractivity contribution is 5.53. The molecule has 1 heteroatoms. The molecule has 0 saturated heterocycles. The molecule has 0 atom stereocenters. The number of benzene rings is 1. The lowest BCUT2D eigenvalue weighted by Crippen LogP contribution is -2.02.